The van der Waals surface area contributed by atoms with Crippen molar-refractivity contribution in [2.24, 2.45) is 5.73 Å². The Balaban J connectivity index is 2.19. The molecule has 1 unspecified atom stereocenters. The van der Waals surface area contributed by atoms with Gasteiger partial charge in [-0.15, -0.1) is 0 Å². The molecule has 3 nitrogen and oxygen atoms in total. The second-order valence-electron chi connectivity index (χ2n) is 4.87. The van der Waals surface area contributed by atoms with Crippen molar-refractivity contribution < 1.29 is 9.84 Å². The maximum Gasteiger partial charge on any atom is 0.161 e. The van der Waals surface area contributed by atoms with Crippen molar-refractivity contribution in [2.45, 2.75) is 37.6 Å². The number of phenols is 1. The van der Waals surface area contributed by atoms with Gasteiger partial charge < -0.3 is 15.6 Å². The monoisotopic (exact) mass is 221 g/mol. The molecule has 0 aromatic heterocycles. The first-order valence-corrected chi connectivity index (χ1v) is 5.70. The Kier molecular flexibility index (Phi) is 2.80. The Bertz CT molecular complexity index is 386. The van der Waals surface area contributed by atoms with Crippen LogP contribution in [0.3, 0.4) is 0 Å². The van der Waals surface area contributed by atoms with Gasteiger partial charge in [-0.25, -0.2) is 0 Å². The Morgan fingerprint density at radius 2 is 2.19 bits per heavy atom. The summed E-state index contributed by atoms with van der Waals surface area (Å²) in [6.07, 6.45) is 3.12. The fourth-order valence-electron chi connectivity index (χ4n) is 2.19. The molecule has 0 radical (unpaired) electrons. The van der Waals surface area contributed by atoms with E-state index in [1.165, 1.54) is 0 Å². The van der Waals surface area contributed by atoms with Gasteiger partial charge in [-0.05, 0) is 31.2 Å². The number of phenolic OH excluding ortho intramolecular Hbond substituents is 1. The molecule has 2 rings (SSSR count). The number of rotatable bonds is 4. The highest BCUT2D eigenvalue weighted by Crippen LogP contribution is 2.43. The molecule has 1 aliphatic rings. The van der Waals surface area contributed by atoms with Gasteiger partial charge in [0, 0.05) is 11.1 Å². The Morgan fingerprint density at radius 3 is 2.75 bits per heavy atom. The van der Waals surface area contributed by atoms with Crippen molar-refractivity contribution in [1.29, 1.82) is 0 Å². The summed E-state index contributed by atoms with van der Waals surface area (Å²) in [7, 11) is 1.56. The topological polar surface area (TPSA) is 55.5 Å². The van der Waals surface area contributed by atoms with Gasteiger partial charge in [-0.2, -0.15) is 0 Å². The van der Waals surface area contributed by atoms with Crippen LogP contribution in [0.25, 0.3) is 0 Å². The maximum atomic E-state index is 10.0. The summed E-state index contributed by atoms with van der Waals surface area (Å²) >= 11 is 0. The minimum absolute atomic E-state index is 0.00886. The lowest BCUT2D eigenvalue weighted by molar-refractivity contribution is 0.367. The number of aromatic hydroxyl groups is 1. The average molecular weight is 221 g/mol. The second kappa shape index (κ2) is 3.98. The largest absolute Gasteiger partial charge is 0.504 e. The third kappa shape index (κ3) is 2.14. The standard InChI is InChI=1S/C13H19NO2/c1-9(8-13(14)6-7-13)10-4-3-5-11(16-2)12(10)15/h3-5,9,15H,6-8,14H2,1-2H3. The maximum absolute atomic E-state index is 10.0. The summed E-state index contributed by atoms with van der Waals surface area (Å²) in [5, 5.41) is 10.0. The summed E-state index contributed by atoms with van der Waals surface area (Å²) in [5.41, 5.74) is 7.03. The number of methoxy groups -OCH3 is 1. The van der Waals surface area contributed by atoms with Gasteiger partial charge in [0.25, 0.3) is 0 Å². The molecule has 0 heterocycles. The van der Waals surface area contributed by atoms with Crippen LogP contribution >= 0.6 is 0 Å². The number of nitrogens with two attached hydrogens (primary N) is 1. The third-order valence-corrected chi connectivity index (χ3v) is 3.39. The average Bonchev–Trinajstić information content (AvgIpc) is 2.96. The van der Waals surface area contributed by atoms with Crippen LogP contribution in [-0.2, 0) is 0 Å². The number of hydrogen-bond acceptors (Lipinski definition) is 3. The van der Waals surface area contributed by atoms with Crippen molar-refractivity contribution in [3.8, 4) is 11.5 Å². The lowest BCUT2D eigenvalue weighted by atomic mass is 9.92. The van der Waals surface area contributed by atoms with Crippen LogP contribution < -0.4 is 10.5 Å². The number of hydrogen-bond donors (Lipinski definition) is 2. The summed E-state index contributed by atoms with van der Waals surface area (Å²) in [4.78, 5) is 0. The first kappa shape index (κ1) is 11.3. The highest BCUT2D eigenvalue weighted by Gasteiger charge is 2.39. The van der Waals surface area contributed by atoms with Crippen LogP contribution in [0.15, 0.2) is 18.2 Å². The smallest absolute Gasteiger partial charge is 0.161 e. The fourth-order valence-corrected chi connectivity index (χ4v) is 2.19. The number of para-hydroxylation sites is 1. The third-order valence-electron chi connectivity index (χ3n) is 3.39. The minimum atomic E-state index is 0.00886. The predicted octanol–water partition coefficient (Wildman–Crippen LogP) is 2.39. The molecule has 1 atom stereocenters. The fraction of sp³-hybridized carbons (Fsp3) is 0.538. The van der Waals surface area contributed by atoms with E-state index in [2.05, 4.69) is 6.92 Å². The van der Waals surface area contributed by atoms with Crippen molar-refractivity contribution >= 4 is 0 Å². The lowest BCUT2D eigenvalue weighted by Gasteiger charge is -2.18. The molecule has 0 saturated heterocycles. The molecule has 1 aliphatic carbocycles. The van der Waals surface area contributed by atoms with E-state index in [0.29, 0.717) is 5.75 Å². The van der Waals surface area contributed by atoms with Crippen LogP contribution in [0.2, 0.25) is 0 Å². The van der Waals surface area contributed by atoms with Gasteiger partial charge in [0.05, 0.1) is 7.11 Å². The van der Waals surface area contributed by atoms with E-state index in [0.717, 1.165) is 24.8 Å². The van der Waals surface area contributed by atoms with Crippen LogP contribution in [-0.4, -0.2) is 17.8 Å². The van der Waals surface area contributed by atoms with Crippen molar-refractivity contribution in [2.75, 3.05) is 7.11 Å². The number of ether oxygens (including phenoxy) is 1. The molecule has 1 saturated carbocycles. The zero-order valence-corrected chi connectivity index (χ0v) is 9.86. The Morgan fingerprint density at radius 1 is 1.50 bits per heavy atom. The lowest BCUT2D eigenvalue weighted by Crippen LogP contribution is -2.23. The van der Waals surface area contributed by atoms with E-state index in [4.69, 9.17) is 10.5 Å². The Labute approximate surface area is 96.2 Å². The minimum Gasteiger partial charge on any atom is -0.504 e. The number of benzene rings is 1. The van der Waals surface area contributed by atoms with E-state index in [1.54, 1.807) is 13.2 Å². The van der Waals surface area contributed by atoms with Gasteiger partial charge in [-0.1, -0.05) is 19.1 Å². The zero-order chi connectivity index (χ0) is 11.8. The van der Waals surface area contributed by atoms with Crippen LogP contribution in [0.5, 0.6) is 11.5 Å². The van der Waals surface area contributed by atoms with Crippen LogP contribution in [0.4, 0.5) is 0 Å². The molecule has 1 aromatic rings. The van der Waals surface area contributed by atoms with Crippen LogP contribution in [0, 0.1) is 0 Å². The van der Waals surface area contributed by atoms with Crippen molar-refractivity contribution in [1.82, 2.24) is 0 Å². The molecule has 16 heavy (non-hydrogen) atoms. The van der Waals surface area contributed by atoms with E-state index in [9.17, 15) is 5.11 Å². The molecule has 1 aromatic carbocycles. The molecule has 0 amide bonds. The molecule has 1 fully saturated rings. The van der Waals surface area contributed by atoms with Crippen molar-refractivity contribution in [3.05, 3.63) is 23.8 Å². The molecular weight excluding hydrogens is 202 g/mol. The highest BCUT2D eigenvalue weighted by atomic mass is 16.5. The predicted molar refractivity (Wildman–Crippen MR) is 63.8 cm³/mol. The quantitative estimate of drug-likeness (QED) is 0.820. The summed E-state index contributed by atoms with van der Waals surface area (Å²) < 4.78 is 5.10. The van der Waals surface area contributed by atoms with Gasteiger partial charge >= 0.3 is 0 Å². The summed E-state index contributed by atoms with van der Waals surface area (Å²) in [6.45, 7) is 2.10. The summed E-state index contributed by atoms with van der Waals surface area (Å²) in [6, 6.07) is 5.61. The molecule has 3 heteroatoms. The van der Waals surface area contributed by atoms with Crippen LogP contribution in [0.1, 0.15) is 37.7 Å². The SMILES string of the molecule is COc1cccc(C(C)CC2(N)CC2)c1O. The highest BCUT2D eigenvalue weighted by molar-refractivity contribution is 5.47. The van der Waals surface area contributed by atoms with Crippen molar-refractivity contribution in [3.63, 3.8) is 0 Å². The zero-order valence-electron chi connectivity index (χ0n) is 9.86. The first-order chi connectivity index (χ1) is 7.56. The van der Waals surface area contributed by atoms with E-state index < -0.39 is 0 Å². The van der Waals surface area contributed by atoms with E-state index in [-0.39, 0.29) is 17.2 Å². The van der Waals surface area contributed by atoms with Gasteiger partial charge in [-0.3, -0.25) is 0 Å². The molecule has 88 valence electrons. The normalized spacial score (nSPS) is 19.2. The van der Waals surface area contributed by atoms with E-state index >= 15 is 0 Å². The molecule has 0 spiro atoms. The molecule has 3 N–H and O–H groups in total. The molecule has 0 aliphatic heterocycles. The molecule has 0 bridgehead atoms. The first-order valence-electron chi connectivity index (χ1n) is 5.70. The second-order valence-corrected chi connectivity index (χ2v) is 4.87. The summed E-state index contributed by atoms with van der Waals surface area (Å²) in [5.74, 6) is 1.05. The van der Waals surface area contributed by atoms with Gasteiger partial charge in [0.15, 0.2) is 11.5 Å². The van der Waals surface area contributed by atoms with E-state index in [1.807, 2.05) is 12.1 Å². The Hall–Kier alpha value is -1.22. The van der Waals surface area contributed by atoms with Gasteiger partial charge in [0.2, 0.25) is 0 Å². The van der Waals surface area contributed by atoms with Gasteiger partial charge in [0.1, 0.15) is 0 Å². The molecular formula is C13H19NO2.